The largest absolute Gasteiger partial charge is 0.508 e. The molecule has 1 aliphatic rings. The smallest absolute Gasteiger partial charge is 0.140 e. The zero-order chi connectivity index (χ0) is 24.2. The second kappa shape index (κ2) is 10.7. The Hall–Kier alpha value is -3.09. The lowest BCUT2D eigenvalue weighted by atomic mass is 9.98. The van der Waals surface area contributed by atoms with Crippen LogP contribution in [0.1, 0.15) is 35.6 Å². The van der Waals surface area contributed by atoms with E-state index in [0.717, 1.165) is 40.1 Å². The molecule has 1 fully saturated rings. The maximum absolute atomic E-state index is 10.0. The number of furan rings is 1. The molecule has 1 unspecified atom stereocenters. The van der Waals surface area contributed by atoms with Gasteiger partial charge in [0.05, 0.1) is 5.25 Å². The number of piperidine rings is 1. The van der Waals surface area contributed by atoms with E-state index < -0.39 is 0 Å². The summed E-state index contributed by atoms with van der Waals surface area (Å²) >= 11 is 1.73. The maximum atomic E-state index is 10.0. The molecule has 2 N–H and O–H groups in total. The Morgan fingerprint density at radius 3 is 2.34 bits per heavy atom. The number of thioether (sulfide) groups is 1. The Bertz CT molecular complexity index is 1260. The average Bonchev–Trinajstić information content (AvgIpc) is 3.25. The molecule has 1 atom stereocenters. The van der Waals surface area contributed by atoms with Crippen LogP contribution in [0, 0.1) is 0 Å². The van der Waals surface area contributed by atoms with Crippen molar-refractivity contribution in [3.8, 4) is 28.6 Å². The molecule has 5 nitrogen and oxygen atoms in total. The number of phenolic OH excluding ortho intramolecular Hbond substituents is 2. The fourth-order valence-corrected chi connectivity index (χ4v) is 5.73. The van der Waals surface area contributed by atoms with Crippen molar-refractivity contribution in [1.29, 1.82) is 0 Å². The predicted octanol–water partition coefficient (Wildman–Crippen LogP) is 6.83. The third-order valence-corrected chi connectivity index (χ3v) is 7.63. The van der Waals surface area contributed by atoms with Crippen molar-refractivity contribution < 1.29 is 19.4 Å². The zero-order valence-corrected chi connectivity index (χ0v) is 20.8. The predicted molar refractivity (Wildman–Crippen MR) is 143 cm³/mol. The van der Waals surface area contributed by atoms with Crippen LogP contribution in [0.3, 0.4) is 0 Å². The quantitative estimate of drug-likeness (QED) is 0.283. The molecular weight excluding hydrogens is 458 g/mol. The minimum atomic E-state index is 0.0204. The van der Waals surface area contributed by atoms with Gasteiger partial charge >= 0.3 is 0 Å². The standard InChI is InChI=1S/C29H31NO4S/c1-35-29(21-7-12-24(13-8-21)33-18-17-30-15-3-2-4-16-30)27-25-14-11-23(32)19-26(25)34-28(27)20-5-9-22(31)10-6-20/h5-14,19,29,31-32H,2-4,15-18H2,1H3. The zero-order valence-electron chi connectivity index (χ0n) is 19.9. The molecule has 182 valence electrons. The Morgan fingerprint density at radius 2 is 1.63 bits per heavy atom. The Kier molecular flexibility index (Phi) is 7.21. The number of fused-ring (bicyclic) bond motifs is 1. The summed E-state index contributed by atoms with van der Waals surface area (Å²) in [5.41, 5.74) is 3.72. The van der Waals surface area contributed by atoms with Crippen LogP contribution < -0.4 is 4.74 Å². The minimum Gasteiger partial charge on any atom is -0.508 e. The van der Waals surface area contributed by atoms with Gasteiger partial charge in [-0.15, -0.1) is 0 Å². The molecule has 1 aromatic heterocycles. The van der Waals surface area contributed by atoms with Gasteiger partial charge in [-0.3, -0.25) is 4.90 Å². The molecule has 0 spiro atoms. The monoisotopic (exact) mass is 489 g/mol. The Labute approximate surface area is 210 Å². The van der Waals surface area contributed by atoms with Crippen LogP contribution in [-0.4, -0.2) is 47.6 Å². The first-order chi connectivity index (χ1) is 17.1. The summed E-state index contributed by atoms with van der Waals surface area (Å²) in [6.07, 6.45) is 6.02. The number of hydrogen-bond donors (Lipinski definition) is 2. The molecule has 0 saturated carbocycles. The van der Waals surface area contributed by atoms with Crippen LogP contribution in [0.25, 0.3) is 22.3 Å². The number of ether oxygens (including phenoxy) is 1. The molecule has 1 aliphatic heterocycles. The molecule has 0 radical (unpaired) electrons. The number of aromatic hydroxyl groups is 2. The van der Waals surface area contributed by atoms with Crippen LogP contribution in [0.15, 0.2) is 71.1 Å². The van der Waals surface area contributed by atoms with Crippen molar-refractivity contribution in [2.45, 2.75) is 24.5 Å². The molecule has 2 heterocycles. The lowest BCUT2D eigenvalue weighted by molar-refractivity contribution is 0.183. The molecular formula is C29H31NO4S. The summed E-state index contributed by atoms with van der Waals surface area (Å²) in [4.78, 5) is 2.48. The highest BCUT2D eigenvalue weighted by Gasteiger charge is 2.25. The molecule has 3 aromatic carbocycles. The summed E-state index contributed by atoms with van der Waals surface area (Å²) in [7, 11) is 0. The average molecular weight is 490 g/mol. The first-order valence-corrected chi connectivity index (χ1v) is 13.4. The molecule has 35 heavy (non-hydrogen) atoms. The third-order valence-electron chi connectivity index (χ3n) is 6.65. The van der Waals surface area contributed by atoms with E-state index in [9.17, 15) is 10.2 Å². The lowest BCUT2D eigenvalue weighted by Gasteiger charge is -2.26. The first-order valence-electron chi connectivity index (χ1n) is 12.1. The van der Waals surface area contributed by atoms with Crippen LogP contribution in [-0.2, 0) is 0 Å². The normalized spacial score (nSPS) is 15.3. The number of rotatable bonds is 8. The Morgan fingerprint density at radius 1 is 0.914 bits per heavy atom. The number of nitrogens with zero attached hydrogens (tertiary/aromatic N) is 1. The van der Waals surface area contributed by atoms with Crippen LogP contribution in [0.2, 0.25) is 0 Å². The summed E-state index contributed by atoms with van der Waals surface area (Å²) in [5, 5.41) is 20.8. The lowest BCUT2D eigenvalue weighted by Crippen LogP contribution is -2.33. The summed E-state index contributed by atoms with van der Waals surface area (Å²) in [5.74, 6) is 2.00. The van der Waals surface area contributed by atoms with E-state index >= 15 is 0 Å². The topological polar surface area (TPSA) is 66.1 Å². The van der Waals surface area contributed by atoms with Crippen molar-refractivity contribution in [1.82, 2.24) is 4.90 Å². The van der Waals surface area contributed by atoms with Crippen molar-refractivity contribution in [2.75, 3.05) is 32.5 Å². The molecule has 1 saturated heterocycles. The third kappa shape index (κ3) is 5.29. The molecule has 5 rings (SSSR count). The van der Waals surface area contributed by atoms with Gasteiger partial charge in [0.2, 0.25) is 0 Å². The van der Waals surface area contributed by atoms with Gasteiger partial charge in [0.15, 0.2) is 0 Å². The van der Waals surface area contributed by atoms with Gasteiger partial charge < -0.3 is 19.4 Å². The van der Waals surface area contributed by atoms with Gasteiger partial charge in [0.1, 0.15) is 35.2 Å². The van der Waals surface area contributed by atoms with Gasteiger partial charge in [-0.25, -0.2) is 0 Å². The fourth-order valence-electron chi connectivity index (χ4n) is 4.83. The van der Waals surface area contributed by atoms with E-state index in [1.165, 1.54) is 32.4 Å². The van der Waals surface area contributed by atoms with Gasteiger partial charge in [-0.05, 0) is 86.3 Å². The van der Waals surface area contributed by atoms with E-state index in [1.807, 2.05) is 30.3 Å². The second-order valence-electron chi connectivity index (χ2n) is 9.01. The number of benzene rings is 3. The fraction of sp³-hybridized carbons (Fsp3) is 0.310. The van der Waals surface area contributed by atoms with E-state index in [2.05, 4.69) is 23.3 Å². The number of hydrogen-bond acceptors (Lipinski definition) is 6. The van der Waals surface area contributed by atoms with Crippen LogP contribution in [0.5, 0.6) is 17.2 Å². The Balaban J connectivity index is 1.42. The van der Waals surface area contributed by atoms with Crippen molar-refractivity contribution >= 4 is 22.7 Å². The van der Waals surface area contributed by atoms with E-state index in [0.29, 0.717) is 12.2 Å². The highest BCUT2D eigenvalue weighted by molar-refractivity contribution is 7.99. The van der Waals surface area contributed by atoms with Crippen LogP contribution >= 0.6 is 11.8 Å². The van der Waals surface area contributed by atoms with Gasteiger partial charge in [-0.2, -0.15) is 11.8 Å². The van der Waals surface area contributed by atoms with E-state index in [4.69, 9.17) is 9.15 Å². The minimum absolute atomic E-state index is 0.0204. The van der Waals surface area contributed by atoms with E-state index in [1.54, 1.807) is 36.0 Å². The summed E-state index contributed by atoms with van der Waals surface area (Å²) in [6.45, 7) is 4.03. The molecule has 0 aliphatic carbocycles. The number of phenols is 2. The van der Waals surface area contributed by atoms with Crippen molar-refractivity contribution in [2.24, 2.45) is 0 Å². The molecule has 6 heteroatoms. The molecule has 4 aromatic rings. The van der Waals surface area contributed by atoms with E-state index in [-0.39, 0.29) is 16.7 Å². The van der Waals surface area contributed by atoms with Crippen molar-refractivity contribution in [3.63, 3.8) is 0 Å². The van der Waals surface area contributed by atoms with Gasteiger partial charge in [0.25, 0.3) is 0 Å². The van der Waals surface area contributed by atoms with Gasteiger partial charge in [0, 0.05) is 29.1 Å². The van der Waals surface area contributed by atoms with Gasteiger partial charge in [-0.1, -0.05) is 18.6 Å². The second-order valence-corrected chi connectivity index (χ2v) is 9.95. The molecule has 0 amide bonds. The highest BCUT2D eigenvalue weighted by Crippen LogP contribution is 2.46. The summed E-state index contributed by atoms with van der Waals surface area (Å²) in [6, 6.07) is 20.6. The summed E-state index contributed by atoms with van der Waals surface area (Å²) < 4.78 is 12.3. The highest BCUT2D eigenvalue weighted by atomic mass is 32.2. The molecule has 0 bridgehead atoms. The van der Waals surface area contributed by atoms with Crippen molar-refractivity contribution in [3.05, 3.63) is 77.9 Å². The SMILES string of the molecule is CSC(c1ccc(OCCN2CCCCC2)cc1)c1c(-c2ccc(O)cc2)oc2cc(O)ccc12. The number of likely N-dealkylation sites (tertiary alicyclic amines) is 1. The first kappa shape index (κ1) is 23.6. The maximum Gasteiger partial charge on any atom is 0.140 e. The van der Waals surface area contributed by atoms with Crippen LogP contribution in [0.4, 0.5) is 0 Å².